The van der Waals surface area contributed by atoms with E-state index in [0.717, 1.165) is 31.7 Å². The molecule has 2 atom stereocenters. The number of likely N-dealkylation sites (tertiary alicyclic amines) is 1. The lowest BCUT2D eigenvalue weighted by atomic mass is 9.69. The number of fused-ring (bicyclic) bond motifs is 1. The SMILES string of the molecule is Oc1ccc([C@H]2CCc3ccccc3[C@H]2c2ccc(OCCN3CCCCC3)cc2)cc1. The number of hydrogen-bond acceptors (Lipinski definition) is 3. The van der Waals surface area contributed by atoms with Gasteiger partial charge in [0.05, 0.1) is 0 Å². The van der Waals surface area contributed by atoms with Gasteiger partial charge in [0.1, 0.15) is 18.1 Å². The van der Waals surface area contributed by atoms with Gasteiger partial charge in [0.25, 0.3) is 0 Å². The molecule has 166 valence electrons. The second kappa shape index (κ2) is 9.79. The molecule has 3 aromatic carbocycles. The van der Waals surface area contributed by atoms with Crippen LogP contribution in [0.2, 0.25) is 0 Å². The highest BCUT2D eigenvalue weighted by molar-refractivity contribution is 5.46. The summed E-state index contributed by atoms with van der Waals surface area (Å²) in [5, 5.41) is 9.76. The van der Waals surface area contributed by atoms with Crippen LogP contribution in [0, 0.1) is 0 Å². The fourth-order valence-corrected chi connectivity index (χ4v) is 5.50. The van der Waals surface area contributed by atoms with Gasteiger partial charge in [0.2, 0.25) is 0 Å². The first kappa shape index (κ1) is 21.1. The molecular formula is C29H33NO2. The second-order valence-electron chi connectivity index (χ2n) is 9.23. The summed E-state index contributed by atoms with van der Waals surface area (Å²) in [5.41, 5.74) is 5.51. The van der Waals surface area contributed by atoms with Gasteiger partial charge in [-0.1, -0.05) is 55.0 Å². The van der Waals surface area contributed by atoms with Crippen LogP contribution in [0.5, 0.6) is 11.5 Å². The molecule has 0 aromatic heterocycles. The minimum Gasteiger partial charge on any atom is -0.508 e. The fourth-order valence-electron chi connectivity index (χ4n) is 5.50. The van der Waals surface area contributed by atoms with Crippen LogP contribution in [0.3, 0.4) is 0 Å². The lowest BCUT2D eigenvalue weighted by molar-refractivity contribution is 0.183. The lowest BCUT2D eigenvalue weighted by Gasteiger charge is -2.34. The molecule has 1 aliphatic heterocycles. The summed E-state index contributed by atoms with van der Waals surface area (Å²) in [6, 6.07) is 25.4. The molecule has 0 unspecified atom stereocenters. The number of benzene rings is 3. The molecule has 5 rings (SSSR count). The van der Waals surface area contributed by atoms with Crippen LogP contribution in [-0.4, -0.2) is 36.2 Å². The number of piperidine rings is 1. The van der Waals surface area contributed by atoms with Crippen molar-refractivity contribution in [2.24, 2.45) is 0 Å². The Balaban J connectivity index is 1.34. The number of aryl methyl sites for hydroxylation is 1. The van der Waals surface area contributed by atoms with Crippen molar-refractivity contribution in [1.82, 2.24) is 4.90 Å². The normalized spacial score (nSPS) is 21.1. The van der Waals surface area contributed by atoms with E-state index in [0.29, 0.717) is 17.6 Å². The molecule has 32 heavy (non-hydrogen) atoms. The zero-order valence-electron chi connectivity index (χ0n) is 18.7. The van der Waals surface area contributed by atoms with E-state index in [4.69, 9.17) is 4.74 Å². The Hall–Kier alpha value is -2.78. The van der Waals surface area contributed by atoms with Crippen molar-refractivity contribution >= 4 is 0 Å². The highest BCUT2D eigenvalue weighted by Gasteiger charge is 2.31. The van der Waals surface area contributed by atoms with Gasteiger partial charge in [-0.2, -0.15) is 0 Å². The van der Waals surface area contributed by atoms with Crippen LogP contribution in [0.1, 0.15) is 59.8 Å². The third-order valence-corrected chi connectivity index (χ3v) is 7.20. The summed E-state index contributed by atoms with van der Waals surface area (Å²) in [7, 11) is 0. The van der Waals surface area contributed by atoms with Gasteiger partial charge in [-0.25, -0.2) is 0 Å². The molecule has 0 spiro atoms. The van der Waals surface area contributed by atoms with Crippen LogP contribution in [0.25, 0.3) is 0 Å². The standard InChI is InChI=1S/C29H33NO2/c31-25-13-8-23(9-14-25)28-17-12-22-6-2-3-7-27(22)29(28)24-10-15-26(16-11-24)32-21-20-30-18-4-1-5-19-30/h2-3,6-11,13-16,28-29,31H,1,4-5,12,17-21H2/t28-,29-/m1/s1. The molecule has 1 fully saturated rings. The Labute approximate surface area is 191 Å². The summed E-state index contributed by atoms with van der Waals surface area (Å²) in [6.07, 6.45) is 6.21. The van der Waals surface area contributed by atoms with Gasteiger partial charge in [-0.05, 0) is 91.2 Å². The first-order chi connectivity index (χ1) is 15.8. The molecule has 3 nitrogen and oxygen atoms in total. The average molecular weight is 428 g/mol. The molecule has 0 saturated carbocycles. The fraction of sp³-hybridized carbons (Fsp3) is 0.379. The predicted octanol–water partition coefficient (Wildman–Crippen LogP) is 6.12. The molecule has 3 aromatic rings. The predicted molar refractivity (Wildman–Crippen MR) is 130 cm³/mol. The average Bonchev–Trinajstić information content (AvgIpc) is 2.85. The molecule has 3 heteroatoms. The van der Waals surface area contributed by atoms with E-state index in [1.807, 2.05) is 12.1 Å². The van der Waals surface area contributed by atoms with E-state index in [2.05, 4.69) is 65.6 Å². The maximum absolute atomic E-state index is 9.76. The summed E-state index contributed by atoms with van der Waals surface area (Å²) in [5.74, 6) is 1.99. The second-order valence-corrected chi connectivity index (χ2v) is 9.23. The van der Waals surface area contributed by atoms with Crippen LogP contribution in [-0.2, 0) is 6.42 Å². The largest absolute Gasteiger partial charge is 0.508 e. The number of hydrogen-bond donors (Lipinski definition) is 1. The summed E-state index contributed by atoms with van der Waals surface area (Å²) in [6.45, 7) is 4.19. The van der Waals surface area contributed by atoms with Gasteiger partial charge < -0.3 is 9.84 Å². The molecule has 0 amide bonds. The first-order valence-corrected chi connectivity index (χ1v) is 12.1. The molecule has 1 N–H and O–H groups in total. The molecule has 0 bridgehead atoms. The van der Waals surface area contributed by atoms with E-state index in [1.165, 1.54) is 54.6 Å². The molecule has 1 aliphatic carbocycles. The topological polar surface area (TPSA) is 32.7 Å². The van der Waals surface area contributed by atoms with Gasteiger partial charge in [0.15, 0.2) is 0 Å². The third-order valence-electron chi connectivity index (χ3n) is 7.20. The first-order valence-electron chi connectivity index (χ1n) is 12.1. The van der Waals surface area contributed by atoms with Gasteiger partial charge in [-0.15, -0.1) is 0 Å². The van der Waals surface area contributed by atoms with E-state index < -0.39 is 0 Å². The van der Waals surface area contributed by atoms with Gasteiger partial charge in [-0.3, -0.25) is 4.90 Å². The van der Waals surface area contributed by atoms with Crippen molar-refractivity contribution in [3.8, 4) is 11.5 Å². The lowest BCUT2D eigenvalue weighted by Crippen LogP contribution is -2.33. The Bertz CT molecular complexity index is 1010. The minimum atomic E-state index is 0.312. The monoisotopic (exact) mass is 427 g/mol. The van der Waals surface area contributed by atoms with E-state index in [1.54, 1.807) is 0 Å². The van der Waals surface area contributed by atoms with E-state index in [9.17, 15) is 5.11 Å². The van der Waals surface area contributed by atoms with Crippen molar-refractivity contribution < 1.29 is 9.84 Å². The van der Waals surface area contributed by atoms with Crippen molar-refractivity contribution in [1.29, 1.82) is 0 Å². The smallest absolute Gasteiger partial charge is 0.119 e. The molecular weight excluding hydrogens is 394 g/mol. The molecule has 1 saturated heterocycles. The van der Waals surface area contributed by atoms with Crippen LogP contribution < -0.4 is 4.74 Å². The Kier molecular flexibility index (Phi) is 6.45. The Morgan fingerprint density at radius 2 is 1.53 bits per heavy atom. The van der Waals surface area contributed by atoms with E-state index in [-0.39, 0.29) is 0 Å². The summed E-state index contributed by atoms with van der Waals surface area (Å²) >= 11 is 0. The van der Waals surface area contributed by atoms with Crippen molar-refractivity contribution in [3.63, 3.8) is 0 Å². The maximum atomic E-state index is 9.76. The molecule has 0 radical (unpaired) electrons. The van der Waals surface area contributed by atoms with Gasteiger partial charge >= 0.3 is 0 Å². The zero-order valence-corrected chi connectivity index (χ0v) is 18.7. The maximum Gasteiger partial charge on any atom is 0.119 e. The zero-order chi connectivity index (χ0) is 21.8. The third kappa shape index (κ3) is 4.68. The molecule has 1 heterocycles. The van der Waals surface area contributed by atoms with Crippen molar-refractivity contribution in [2.75, 3.05) is 26.2 Å². The minimum absolute atomic E-state index is 0.312. The number of ether oxygens (including phenoxy) is 1. The highest BCUT2D eigenvalue weighted by atomic mass is 16.5. The molecule has 2 aliphatic rings. The quantitative estimate of drug-likeness (QED) is 0.514. The van der Waals surface area contributed by atoms with Crippen molar-refractivity contribution in [3.05, 3.63) is 95.1 Å². The van der Waals surface area contributed by atoms with Gasteiger partial charge in [0, 0.05) is 12.5 Å². The number of phenols is 1. The summed E-state index contributed by atoms with van der Waals surface area (Å²) < 4.78 is 6.08. The van der Waals surface area contributed by atoms with Crippen LogP contribution >= 0.6 is 0 Å². The highest BCUT2D eigenvalue weighted by Crippen LogP contribution is 2.46. The van der Waals surface area contributed by atoms with Crippen LogP contribution in [0.4, 0.5) is 0 Å². The Morgan fingerprint density at radius 3 is 2.31 bits per heavy atom. The number of rotatable bonds is 6. The van der Waals surface area contributed by atoms with Crippen LogP contribution in [0.15, 0.2) is 72.8 Å². The van der Waals surface area contributed by atoms with E-state index >= 15 is 0 Å². The van der Waals surface area contributed by atoms with Crippen molar-refractivity contribution in [2.45, 2.75) is 43.9 Å². The Morgan fingerprint density at radius 1 is 0.812 bits per heavy atom. The number of nitrogens with zero attached hydrogens (tertiary/aromatic N) is 1. The number of phenolic OH excluding ortho intramolecular Hbond substituents is 1. The number of aromatic hydroxyl groups is 1. The summed E-state index contributed by atoms with van der Waals surface area (Å²) in [4.78, 5) is 2.51.